The molecule has 4 amide bonds. The van der Waals surface area contributed by atoms with Crippen molar-refractivity contribution in [3.8, 4) is 0 Å². The van der Waals surface area contributed by atoms with E-state index in [1.165, 1.54) is 4.68 Å². The second kappa shape index (κ2) is 5.20. The Morgan fingerprint density at radius 3 is 2.33 bits per heavy atom. The lowest BCUT2D eigenvalue weighted by Crippen LogP contribution is -2.29. The van der Waals surface area contributed by atoms with E-state index in [0.717, 1.165) is 16.0 Å². The molecule has 0 spiro atoms. The summed E-state index contributed by atoms with van der Waals surface area (Å²) >= 11 is 0. The van der Waals surface area contributed by atoms with Crippen LogP contribution in [0.3, 0.4) is 0 Å². The number of urea groups is 2. The van der Waals surface area contributed by atoms with Crippen molar-refractivity contribution in [3.05, 3.63) is 65.7 Å². The normalized spacial score (nSPS) is 16.4. The van der Waals surface area contributed by atoms with E-state index in [-0.39, 0.29) is 0 Å². The van der Waals surface area contributed by atoms with Crippen LogP contribution in [0.5, 0.6) is 0 Å². The Bertz CT molecular complexity index is 721. The number of nitrogens with one attached hydrogen (secondary N) is 1. The zero-order chi connectivity index (χ0) is 14.8. The summed E-state index contributed by atoms with van der Waals surface area (Å²) in [5.74, 6) is 0. The summed E-state index contributed by atoms with van der Waals surface area (Å²) in [6.07, 6.45) is 1.60. The van der Waals surface area contributed by atoms with Gasteiger partial charge in [-0.15, -0.1) is 10.3 Å². The highest BCUT2D eigenvalue weighted by Crippen LogP contribution is 2.17. The van der Waals surface area contributed by atoms with E-state index in [1.54, 1.807) is 30.5 Å². The van der Waals surface area contributed by atoms with Gasteiger partial charge in [0.25, 0.3) is 0 Å². The first kappa shape index (κ1) is 13.1. The summed E-state index contributed by atoms with van der Waals surface area (Å²) in [6.45, 7) is 1.99. The number of carbonyl (C=O) groups excluding carboxylic acids is 2. The number of carbonyl (C=O) groups is 2. The van der Waals surface area contributed by atoms with Crippen LogP contribution in [-0.2, 0) is 0 Å². The molecule has 1 aliphatic heterocycles. The molecule has 1 fully saturated rings. The van der Waals surface area contributed by atoms with Crippen molar-refractivity contribution < 1.29 is 14.3 Å². The molecule has 0 unspecified atom stereocenters. The van der Waals surface area contributed by atoms with Crippen LogP contribution in [0.4, 0.5) is 15.3 Å². The average molecular weight is 280 g/mol. The molecular formula is C16H14N3O2+. The fourth-order valence-corrected chi connectivity index (χ4v) is 2.09. The molecule has 1 N–H and O–H groups in total. The van der Waals surface area contributed by atoms with Gasteiger partial charge < -0.3 is 0 Å². The molecule has 0 saturated carbocycles. The molecule has 0 aromatic heterocycles. The van der Waals surface area contributed by atoms with E-state index in [9.17, 15) is 9.59 Å². The van der Waals surface area contributed by atoms with Gasteiger partial charge in [0.1, 0.15) is 11.9 Å². The second-order valence-corrected chi connectivity index (χ2v) is 4.78. The van der Waals surface area contributed by atoms with E-state index >= 15 is 0 Å². The molecule has 0 aliphatic carbocycles. The number of hydrogen-bond acceptors (Lipinski definition) is 2. The predicted molar refractivity (Wildman–Crippen MR) is 79.5 cm³/mol. The van der Waals surface area contributed by atoms with Gasteiger partial charge in [-0.1, -0.05) is 52.7 Å². The summed E-state index contributed by atoms with van der Waals surface area (Å²) in [6, 6.07) is 15.6. The number of imide groups is 1. The lowest BCUT2D eigenvalue weighted by Gasteiger charge is -2.00. The van der Waals surface area contributed by atoms with Crippen LogP contribution >= 0.6 is 0 Å². The van der Waals surface area contributed by atoms with Crippen LogP contribution in [0.2, 0.25) is 0 Å². The Morgan fingerprint density at radius 1 is 1.00 bits per heavy atom. The number of amides is 4. The van der Waals surface area contributed by atoms with Gasteiger partial charge in [-0.25, -0.2) is 4.79 Å². The minimum atomic E-state index is -0.463. The van der Waals surface area contributed by atoms with E-state index in [1.807, 2.05) is 37.3 Å². The lowest BCUT2D eigenvalue weighted by molar-refractivity contribution is -0.458. The van der Waals surface area contributed by atoms with Crippen molar-refractivity contribution in [3.63, 3.8) is 0 Å². The molecule has 5 heteroatoms. The molecule has 21 heavy (non-hydrogen) atoms. The third kappa shape index (κ3) is 2.53. The molecule has 5 nitrogen and oxygen atoms in total. The fourth-order valence-electron chi connectivity index (χ4n) is 2.09. The van der Waals surface area contributed by atoms with Crippen LogP contribution in [0, 0.1) is 6.92 Å². The van der Waals surface area contributed by atoms with Crippen LogP contribution in [0.15, 0.2) is 54.6 Å². The van der Waals surface area contributed by atoms with Gasteiger partial charge in [0.15, 0.2) is 0 Å². The van der Waals surface area contributed by atoms with E-state index < -0.39 is 12.1 Å². The van der Waals surface area contributed by atoms with Crippen LogP contribution in [-0.4, -0.2) is 23.0 Å². The number of para-hydroxylation sites is 1. The number of benzene rings is 2. The molecule has 1 heterocycles. The maximum Gasteiger partial charge on any atom is 0.531 e. The summed E-state index contributed by atoms with van der Waals surface area (Å²) in [5, 5.41) is 0. The maximum absolute atomic E-state index is 12.3. The van der Waals surface area contributed by atoms with Crippen molar-refractivity contribution in [1.29, 1.82) is 0 Å². The minimum Gasteiger partial charge on any atom is -0.216 e. The molecule has 0 radical (unpaired) electrons. The molecular weight excluding hydrogens is 266 g/mol. The number of anilines is 1. The third-order valence-corrected chi connectivity index (χ3v) is 3.19. The van der Waals surface area contributed by atoms with Gasteiger partial charge >= 0.3 is 12.1 Å². The highest BCUT2D eigenvalue weighted by Gasteiger charge is 2.44. The monoisotopic (exact) mass is 280 g/mol. The van der Waals surface area contributed by atoms with E-state index in [0.29, 0.717) is 5.69 Å². The van der Waals surface area contributed by atoms with Crippen molar-refractivity contribution in [2.24, 2.45) is 0 Å². The average Bonchev–Trinajstić information content (AvgIpc) is 2.77. The number of hydrazine groups is 1. The minimum absolute atomic E-state index is 0.424. The molecule has 0 atom stereocenters. The molecule has 2 aromatic carbocycles. The summed E-state index contributed by atoms with van der Waals surface area (Å²) < 4.78 is 1.19. The van der Waals surface area contributed by atoms with Crippen molar-refractivity contribution >= 4 is 24.0 Å². The number of nitrogens with zero attached hydrogens (tertiary/aromatic N) is 2. The van der Waals surface area contributed by atoms with Gasteiger partial charge in [0, 0.05) is 5.56 Å². The highest BCUT2D eigenvalue weighted by atomic mass is 16.2. The first-order valence-corrected chi connectivity index (χ1v) is 6.56. The van der Waals surface area contributed by atoms with Gasteiger partial charge in [-0.2, -0.15) is 4.79 Å². The number of hydrogen-bond donors (Lipinski definition) is 1. The van der Waals surface area contributed by atoms with Gasteiger partial charge in [0.2, 0.25) is 0 Å². The Balaban J connectivity index is 1.92. The van der Waals surface area contributed by atoms with Crippen molar-refractivity contribution in [2.45, 2.75) is 6.92 Å². The number of rotatable bonds is 2. The van der Waals surface area contributed by atoms with Gasteiger partial charge in [-0.05, 0) is 19.1 Å². The number of aryl methyl sites for hydroxylation is 1. The Labute approximate surface area is 122 Å². The van der Waals surface area contributed by atoms with Gasteiger partial charge in [-0.3, -0.25) is 0 Å². The first-order valence-electron chi connectivity index (χ1n) is 6.56. The summed E-state index contributed by atoms with van der Waals surface area (Å²) in [4.78, 5) is 25.4. The molecule has 3 rings (SSSR count). The van der Waals surface area contributed by atoms with Crippen LogP contribution in [0.1, 0.15) is 11.1 Å². The number of hydrazone groups is 1. The molecule has 1 aliphatic rings. The largest absolute Gasteiger partial charge is 0.531 e. The summed E-state index contributed by atoms with van der Waals surface area (Å²) in [5.41, 5.74) is 5.04. The van der Waals surface area contributed by atoms with Crippen molar-refractivity contribution in [2.75, 3.05) is 4.90 Å². The topological polar surface area (TPSA) is 52.4 Å². The highest BCUT2D eigenvalue weighted by molar-refractivity contribution is 6.14. The molecule has 1 saturated heterocycles. The van der Waals surface area contributed by atoms with E-state index in [2.05, 4.69) is 5.43 Å². The fraction of sp³-hybridized carbons (Fsp3) is 0.0625. The van der Waals surface area contributed by atoms with Crippen molar-refractivity contribution in [1.82, 2.24) is 5.43 Å². The SMILES string of the molecule is Cc1ccc(/C=[N+]2\NC(=O)N(c3ccccc3)C2=O)cc1. The second-order valence-electron chi connectivity index (χ2n) is 4.78. The van der Waals surface area contributed by atoms with Crippen LogP contribution < -0.4 is 10.3 Å². The zero-order valence-electron chi connectivity index (χ0n) is 11.5. The maximum atomic E-state index is 12.3. The lowest BCUT2D eigenvalue weighted by atomic mass is 10.2. The molecule has 0 bridgehead atoms. The zero-order valence-corrected chi connectivity index (χ0v) is 11.5. The quantitative estimate of drug-likeness (QED) is 0.860. The standard InChI is InChI=1S/C16H13N3O2/c1-12-7-9-13(10-8-12)11-18-16(21)19(15(20)17-18)14-5-3-2-4-6-14/h2-11H,1H3/p+1/b18-11-. The Kier molecular flexibility index (Phi) is 3.23. The third-order valence-electron chi connectivity index (χ3n) is 3.19. The van der Waals surface area contributed by atoms with E-state index in [4.69, 9.17) is 0 Å². The van der Waals surface area contributed by atoms with Crippen LogP contribution in [0.25, 0.3) is 0 Å². The summed E-state index contributed by atoms with van der Waals surface area (Å²) in [7, 11) is 0. The molecule has 104 valence electrons. The van der Waals surface area contributed by atoms with Gasteiger partial charge in [0.05, 0.1) is 0 Å². The smallest absolute Gasteiger partial charge is 0.216 e. The molecule has 2 aromatic rings. The predicted octanol–water partition coefficient (Wildman–Crippen LogP) is 2.69. The Morgan fingerprint density at radius 2 is 1.67 bits per heavy atom. The first-order chi connectivity index (χ1) is 10.1. The Hall–Kier alpha value is -2.95.